The van der Waals surface area contributed by atoms with Crippen molar-refractivity contribution < 1.29 is 9.72 Å². The number of nitrogens with one attached hydrogen (secondary N) is 1. The van der Waals surface area contributed by atoms with Crippen LogP contribution in [0.1, 0.15) is 30.1 Å². The van der Waals surface area contributed by atoms with Crippen LogP contribution in [-0.2, 0) is 0 Å². The molecule has 26 heavy (non-hydrogen) atoms. The zero-order valence-corrected chi connectivity index (χ0v) is 15.2. The lowest BCUT2D eigenvalue weighted by Crippen LogP contribution is -2.32. The quantitative estimate of drug-likeness (QED) is 0.620. The average molecular weight is 374 g/mol. The monoisotopic (exact) mass is 373 g/mol. The van der Waals surface area contributed by atoms with Crippen LogP contribution in [0, 0.1) is 16.0 Å². The van der Waals surface area contributed by atoms with Crippen LogP contribution in [-0.4, -0.2) is 23.9 Å². The Morgan fingerprint density at radius 1 is 1.19 bits per heavy atom. The van der Waals surface area contributed by atoms with Gasteiger partial charge in [0.2, 0.25) is 0 Å². The van der Waals surface area contributed by atoms with E-state index in [0.29, 0.717) is 5.69 Å². The Kier molecular flexibility index (Phi) is 5.42. The second kappa shape index (κ2) is 7.74. The molecule has 3 rings (SSSR count). The minimum Gasteiger partial charge on any atom is -0.372 e. The summed E-state index contributed by atoms with van der Waals surface area (Å²) in [6.07, 6.45) is 2.36. The molecule has 1 fully saturated rings. The van der Waals surface area contributed by atoms with Crippen LogP contribution in [0.4, 0.5) is 17.1 Å². The van der Waals surface area contributed by atoms with E-state index in [-0.39, 0.29) is 16.3 Å². The molecule has 136 valence electrons. The summed E-state index contributed by atoms with van der Waals surface area (Å²) < 4.78 is 0. The van der Waals surface area contributed by atoms with E-state index in [1.165, 1.54) is 31.0 Å². The molecular formula is C19H20ClN3O3. The fourth-order valence-electron chi connectivity index (χ4n) is 3.07. The van der Waals surface area contributed by atoms with E-state index in [1.54, 1.807) is 0 Å². The molecule has 7 heteroatoms. The lowest BCUT2D eigenvalue weighted by molar-refractivity contribution is -0.385. The van der Waals surface area contributed by atoms with Gasteiger partial charge in [-0.2, -0.15) is 0 Å². The largest absolute Gasteiger partial charge is 0.372 e. The van der Waals surface area contributed by atoms with Crippen molar-refractivity contribution in [2.45, 2.75) is 19.8 Å². The number of nitrogens with zero attached hydrogens (tertiary/aromatic N) is 2. The fraction of sp³-hybridized carbons (Fsp3) is 0.316. The molecule has 0 radical (unpaired) electrons. The molecule has 1 amide bonds. The molecule has 0 bridgehead atoms. The number of benzene rings is 2. The van der Waals surface area contributed by atoms with Crippen LogP contribution >= 0.6 is 11.6 Å². The Hall–Kier alpha value is -2.60. The van der Waals surface area contributed by atoms with Crippen LogP contribution in [0.3, 0.4) is 0 Å². The maximum Gasteiger partial charge on any atom is 0.283 e. The summed E-state index contributed by atoms with van der Waals surface area (Å²) >= 11 is 5.79. The number of hydrogen-bond donors (Lipinski definition) is 1. The summed E-state index contributed by atoms with van der Waals surface area (Å²) in [6.45, 7) is 4.33. The molecule has 2 aromatic rings. The highest BCUT2D eigenvalue weighted by atomic mass is 35.5. The van der Waals surface area contributed by atoms with Gasteiger partial charge in [-0.05, 0) is 55.2 Å². The molecule has 6 nitrogen and oxygen atoms in total. The van der Waals surface area contributed by atoms with Crippen molar-refractivity contribution in [2.24, 2.45) is 5.92 Å². The van der Waals surface area contributed by atoms with E-state index in [0.717, 1.165) is 24.7 Å². The van der Waals surface area contributed by atoms with Gasteiger partial charge in [0.25, 0.3) is 11.6 Å². The third-order valence-corrected chi connectivity index (χ3v) is 4.91. The first kappa shape index (κ1) is 18.2. The van der Waals surface area contributed by atoms with Crippen LogP contribution < -0.4 is 10.2 Å². The Bertz CT molecular complexity index is 815. The highest BCUT2D eigenvalue weighted by molar-refractivity contribution is 6.31. The number of nitro groups is 1. The predicted molar refractivity (Wildman–Crippen MR) is 103 cm³/mol. The normalized spacial score (nSPS) is 14.9. The van der Waals surface area contributed by atoms with E-state index < -0.39 is 10.8 Å². The molecule has 0 atom stereocenters. The molecule has 1 saturated heterocycles. The minimum atomic E-state index is -0.610. The number of nitro benzene ring substituents is 1. The molecule has 1 N–H and O–H groups in total. The van der Waals surface area contributed by atoms with Gasteiger partial charge < -0.3 is 10.2 Å². The SMILES string of the molecule is CC1CCN(c2ccc(NC(=O)c3ccc(Cl)cc3[N+](=O)[O-])cc2)CC1. The van der Waals surface area contributed by atoms with E-state index in [1.807, 2.05) is 24.3 Å². The van der Waals surface area contributed by atoms with Crippen molar-refractivity contribution >= 4 is 34.6 Å². The van der Waals surface area contributed by atoms with Gasteiger partial charge in [0.15, 0.2) is 0 Å². The van der Waals surface area contributed by atoms with Crippen molar-refractivity contribution in [3.63, 3.8) is 0 Å². The van der Waals surface area contributed by atoms with Crippen LogP contribution in [0.2, 0.25) is 5.02 Å². The average Bonchev–Trinajstić information content (AvgIpc) is 2.63. The lowest BCUT2D eigenvalue weighted by Gasteiger charge is -2.32. The predicted octanol–water partition coefficient (Wildman–Crippen LogP) is 4.74. The molecule has 0 aliphatic carbocycles. The molecular weight excluding hydrogens is 354 g/mol. The van der Waals surface area contributed by atoms with Crippen molar-refractivity contribution in [1.29, 1.82) is 0 Å². The van der Waals surface area contributed by atoms with Gasteiger partial charge in [-0.3, -0.25) is 14.9 Å². The molecule has 1 aliphatic heterocycles. The molecule has 0 spiro atoms. The van der Waals surface area contributed by atoms with Crippen molar-refractivity contribution in [3.8, 4) is 0 Å². The topological polar surface area (TPSA) is 75.5 Å². The number of rotatable bonds is 4. The smallest absolute Gasteiger partial charge is 0.283 e. The zero-order valence-electron chi connectivity index (χ0n) is 14.4. The van der Waals surface area contributed by atoms with Gasteiger partial charge in [-0.25, -0.2) is 0 Å². The standard InChI is InChI=1S/C19H20ClN3O3/c1-13-8-10-22(11-9-13)16-5-3-15(4-6-16)21-19(24)17-7-2-14(20)12-18(17)23(25)26/h2-7,12-13H,8-11H2,1H3,(H,21,24). The van der Waals surface area contributed by atoms with Gasteiger partial charge in [0.1, 0.15) is 5.56 Å². The van der Waals surface area contributed by atoms with E-state index in [9.17, 15) is 14.9 Å². The molecule has 1 aliphatic rings. The van der Waals surface area contributed by atoms with Gasteiger partial charge in [-0.15, -0.1) is 0 Å². The van der Waals surface area contributed by atoms with Crippen molar-refractivity contribution in [3.05, 3.63) is 63.2 Å². The summed E-state index contributed by atoms with van der Waals surface area (Å²) in [6, 6.07) is 11.5. The zero-order chi connectivity index (χ0) is 18.7. The van der Waals surface area contributed by atoms with Crippen molar-refractivity contribution in [1.82, 2.24) is 0 Å². The molecule has 0 aromatic heterocycles. The lowest BCUT2D eigenvalue weighted by atomic mass is 9.99. The molecule has 0 saturated carbocycles. The Morgan fingerprint density at radius 3 is 2.46 bits per heavy atom. The van der Waals surface area contributed by atoms with E-state index in [4.69, 9.17) is 11.6 Å². The number of carbonyl (C=O) groups excluding carboxylic acids is 1. The molecule has 2 aromatic carbocycles. The third kappa shape index (κ3) is 4.14. The van der Waals surface area contributed by atoms with Gasteiger partial charge in [-0.1, -0.05) is 18.5 Å². The number of piperidine rings is 1. The number of halogens is 1. The first-order valence-corrected chi connectivity index (χ1v) is 8.92. The van der Waals surface area contributed by atoms with Gasteiger partial charge in [0, 0.05) is 35.6 Å². The van der Waals surface area contributed by atoms with Crippen LogP contribution in [0.25, 0.3) is 0 Å². The Balaban J connectivity index is 1.71. The first-order chi connectivity index (χ1) is 12.4. The third-order valence-electron chi connectivity index (χ3n) is 4.68. The molecule has 0 unspecified atom stereocenters. The van der Waals surface area contributed by atoms with Crippen LogP contribution in [0.15, 0.2) is 42.5 Å². The fourth-order valence-corrected chi connectivity index (χ4v) is 3.23. The summed E-state index contributed by atoms with van der Waals surface area (Å²) in [5.41, 5.74) is 1.38. The maximum atomic E-state index is 12.4. The second-order valence-corrected chi connectivity index (χ2v) is 7.03. The van der Waals surface area contributed by atoms with Gasteiger partial charge in [0.05, 0.1) is 4.92 Å². The number of anilines is 2. The molecule has 1 heterocycles. The summed E-state index contributed by atoms with van der Waals surface area (Å²) in [4.78, 5) is 25.3. The van der Waals surface area contributed by atoms with E-state index in [2.05, 4.69) is 17.1 Å². The number of amides is 1. The second-order valence-electron chi connectivity index (χ2n) is 6.59. The Morgan fingerprint density at radius 2 is 1.85 bits per heavy atom. The highest BCUT2D eigenvalue weighted by Crippen LogP contribution is 2.26. The minimum absolute atomic E-state index is 0.0199. The number of hydrogen-bond acceptors (Lipinski definition) is 4. The summed E-state index contributed by atoms with van der Waals surface area (Å²) in [5.74, 6) is 0.230. The van der Waals surface area contributed by atoms with Gasteiger partial charge >= 0.3 is 0 Å². The summed E-state index contributed by atoms with van der Waals surface area (Å²) in [7, 11) is 0. The van der Waals surface area contributed by atoms with Crippen LogP contribution in [0.5, 0.6) is 0 Å². The first-order valence-electron chi connectivity index (χ1n) is 8.54. The van der Waals surface area contributed by atoms with Crippen molar-refractivity contribution in [2.75, 3.05) is 23.3 Å². The Labute approximate surface area is 156 Å². The van der Waals surface area contributed by atoms with E-state index >= 15 is 0 Å². The highest BCUT2D eigenvalue weighted by Gasteiger charge is 2.21. The number of carbonyl (C=O) groups is 1. The maximum absolute atomic E-state index is 12.4. The summed E-state index contributed by atoms with van der Waals surface area (Å²) in [5, 5.41) is 14.1.